The quantitative estimate of drug-likeness (QED) is 0.625. The second kappa shape index (κ2) is 7.08. The van der Waals surface area contributed by atoms with Crippen LogP contribution < -0.4 is 0 Å². The molecule has 0 aromatic rings. The van der Waals surface area contributed by atoms with E-state index in [2.05, 4.69) is 43.2 Å². The fourth-order valence-electron chi connectivity index (χ4n) is 2.07. The van der Waals surface area contributed by atoms with E-state index >= 15 is 0 Å². The number of rotatable bonds is 6. The maximum Gasteiger partial charge on any atom is 0.0555 e. The Kier molecular flexibility index (Phi) is 5.71. The van der Waals surface area contributed by atoms with Crippen LogP contribution in [0.2, 0.25) is 0 Å². The highest BCUT2D eigenvalue weighted by molar-refractivity contribution is 5.34. The number of hydrogen-bond acceptors (Lipinski definition) is 1. The van der Waals surface area contributed by atoms with Crippen LogP contribution in [0.1, 0.15) is 20.3 Å². The largest absolute Gasteiger partial charge is 0.293 e. The van der Waals surface area contributed by atoms with Gasteiger partial charge < -0.3 is 0 Å². The van der Waals surface area contributed by atoms with Gasteiger partial charge in [-0.1, -0.05) is 55.2 Å². The molecule has 1 unspecified atom stereocenters. The molecule has 0 aliphatic carbocycles. The van der Waals surface area contributed by atoms with Gasteiger partial charge in [0.25, 0.3) is 0 Å². The summed E-state index contributed by atoms with van der Waals surface area (Å²) in [4.78, 5) is 2.46. The summed E-state index contributed by atoms with van der Waals surface area (Å²) in [5.74, 6) is 0. The molecule has 0 amide bonds. The summed E-state index contributed by atoms with van der Waals surface area (Å²) in [7, 11) is 0. The van der Waals surface area contributed by atoms with Crippen molar-refractivity contribution in [2.75, 3.05) is 13.1 Å². The minimum Gasteiger partial charge on any atom is -0.293 e. The molecule has 1 nitrogen and oxygen atoms in total. The summed E-state index contributed by atoms with van der Waals surface area (Å²) in [6.45, 7) is 14.5. The first-order valence-electron chi connectivity index (χ1n) is 6.22. The highest BCUT2D eigenvalue weighted by Gasteiger charge is 2.25. The van der Waals surface area contributed by atoms with Gasteiger partial charge in [0.2, 0.25) is 0 Å². The van der Waals surface area contributed by atoms with Crippen LogP contribution in [0.3, 0.4) is 0 Å². The van der Waals surface area contributed by atoms with E-state index in [-0.39, 0.29) is 0 Å². The summed E-state index contributed by atoms with van der Waals surface area (Å²) in [5.41, 5.74) is 2.47. The molecule has 1 rings (SSSR count). The lowest BCUT2D eigenvalue weighted by atomic mass is 9.95. The molecule has 1 aliphatic rings. The van der Waals surface area contributed by atoms with Crippen molar-refractivity contribution in [3.63, 3.8) is 0 Å². The minimum absolute atomic E-state index is 0.336. The molecule has 1 heteroatoms. The fraction of sp³-hybridized carbons (Fsp3) is 0.375. The van der Waals surface area contributed by atoms with Crippen molar-refractivity contribution in [3.05, 3.63) is 60.8 Å². The van der Waals surface area contributed by atoms with Crippen LogP contribution in [0.15, 0.2) is 60.8 Å². The third-order valence-electron chi connectivity index (χ3n) is 3.03. The lowest BCUT2D eigenvalue weighted by molar-refractivity contribution is 0.158. The average Bonchev–Trinajstić information content (AvgIpc) is 2.23. The van der Waals surface area contributed by atoms with Gasteiger partial charge in [-0.25, -0.2) is 0 Å². The highest BCUT2D eigenvalue weighted by Crippen LogP contribution is 2.24. The zero-order valence-electron chi connectivity index (χ0n) is 11.0. The summed E-state index contributed by atoms with van der Waals surface area (Å²) in [6.07, 6.45) is 13.4. The molecule has 0 aromatic heterocycles. The van der Waals surface area contributed by atoms with Crippen molar-refractivity contribution in [1.82, 2.24) is 4.90 Å². The lowest BCUT2D eigenvalue weighted by Crippen LogP contribution is -2.46. The maximum atomic E-state index is 4.20. The standard InChI is InChI=1S/C16H23N/c1-5-7-8-11-15(4)16(14(3)10-6-2)17-12-9-13-17/h5-8,10-11,16H,2,4,9,12-13H2,1,3H3/b7-5-,11-8-,14-10+. The molecule has 1 aliphatic heterocycles. The lowest BCUT2D eigenvalue weighted by Gasteiger charge is -2.39. The molecule has 0 bridgehead atoms. The molecule has 92 valence electrons. The van der Waals surface area contributed by atoms with Crippen molar-refractivity contribution >= 4 is 0 Å². The smallest absolute Gasteiger partial charge is 0.0555 e. The van der Waals surface area contributed by atoms with Crippen molar-refractivity contribution in [2.24, 2.45) is 0 Å². The van der Waals surface area contributed by atoms with Gasteiger partial charge in [-0.3, -0.25) is 4.90 Å². The van der Waals surface area contributed by atoms with Gasteiger partial charge in [0.15, 0.2) is 0 Å². The Labute approximate surface area is 106 Å². The van der Waals surface area contributed by atoms with Crippen molar-refractivity contribution < 1.29 is 0 Å². The summed E-state index contributed by atoms with van der Waals surface area (Å²) in [5, 5.41) is 0. The third-order valence-corrected chi connectivity index (χ3v) is 3.03. The summed E-state index contributed by atoms with van der Waals surface area (Å²) >= 11 is 0. The highest BCUT2D eigenvalue weighted by atomic mass is 15.2. The Morgan fingerprint density at radius 2 is 2.00 bits per heavy atom. The molecular weight excluding hydrogens is 206 g/mol. The van der Waals surface area contributed by atoms with E-state index in [4.69, 9.17) is 0 Å². The third kappa shape index (κ3) is 3.86. The second-order valence-electron chi connectivity index (χ2n) is 4.40. The first-order valence-corrected chi connectivity index (χ1v) is 6.22. The number of hydrogen-bond donors (Lipinski definition) is 0. The van der Waals surface area contributed by atoms with Crippen LogP contribution in [0.5, 0.6) is 0 Å². The second-order valence-corrected chi connectivity index (χ2v) is 4.40. The van der Waals surface area contributed by atoms with E-state index < -0.39 is 0 Å². The zero-order valence-corrected chi connectivity index (χ0v) is 11.0. The molecular formula is C16H23N. The topological polar surface area (TPSA) is 3.24 Å². The average molecular weight is 229 g/mol. The van der Waals surface area contributed by atoms with Crippen LogP contribution in [-0.2, 0) is 0 Å². The van der Waals surface area contributed by atoms with Crippen LogP contribution in [0, 0.1) is 0 Å². The van der Waals surface area contributed by atoms with Crippen LogP contribution in [-0.4, -0.2) is 24.0 Å². The number of nitrogens with zero attached hydrogens (tertiary/aromatic N) is 1. The first kappa shape index (κ1) is 13.7. The van der Waals surface area contributed by atoms with E-state index in [1.807, 2.05) is 25.2 Å². The minimum atomic E-state index is 0.336. The Morgan fingerprint density at radius 1 is 1.29 bits per heavy atom. The van der Waals surface area contributed by atoms with E-state index in [0.717, 1.165) is 5.57 Å². The molecule has 1 saturated heterocycles. The molecule has 0 aromatic carbocycles. The molecule has 0 N–H and O–H groups in total. The maximum absolute atomic E-state index is 4.20. The van der Waals surface area contributed by atoms with Crippen molar-refractivity contribution in [3.8, 4) is 0 Å². The summed E-state index contributed by atoms with van der Waals surface area (Å²) < 4.78 is 0. The molecule has 0 saturated carbocycles. The molecule has 1 heterocycles. The van der Waals surface area contributed by atoms with Crippen molar-refractivity contribution in [2.45, 2.75) is 26.3 Å². The van der Waals surface area contributed by atoms with Crippen LogP contribution >= 0.6 is 0 Å². The summed E-state index contributed by atoms with van der Waals surface area (Å²) in [6, 6.07) is 0.336. The molecule has 17 heavy (non-hydrogen) atoms. The van der Waals surface area contributed by atoms with Crippen LogP contribution in [0.4, 0.5) is 0 Å². The molecule has 0 radical (unpaired) electrons. The Balaban J connectivity index is 2.78. The Morgan fingerprint density at radius 3 is 2.47 bits per heavy atom. The number of allylic oxidation sites excluding steroid dienone is 5. The van der Waals surface area contributed by atoms with Crippen LogP contribution in [0.25, 0.3) is 0 Å². The Bertz CT molecular complexity index is 354. The fourth-order valence-corrected chi connectivity index (χ4v) is 2.07. The SMILES string of the molecule is C=C/C=C(\C)C(C(=C)/C=C\C=C/C)N1CCC1. The molecule has 0 spiro atoms. The number of likely N-dealkylation sites (tertiary alicyclic amines) is 1. The van der Waals surface area contributed by atoms with Gasteiger partial charge >= 0.3 is 0 Å². The van der Waals surface area contributed by atoms with Gasteiger partial charge in [-0.15, -0.1) is 0 Å². The van der Waals surface area contributed by atoms with E-state index in [1.54, 1.807) is 0 Å². The van der Waals surface area contributed by atoms with E-state index in [9.17, 15) is 0 Å². The van der Waals surface area contributed by atoms with Gasteiger partial charge in [0, 0.05) is 13.1 Å². The van der Waals surface area contributed by atoms with Gasteiger partial charge in [0.05, 0.1) is 6.04 Å². The first-order chi connectivity index (χ1) is 8.20. The Hall–Kier alpha value is -1.34. The van der Waals surface area contributed by atoms with Gasteiger partial charge in [-0.05, 0) is 25.8 Å². The van der Waals surface area contributed by atoms with E-state index in [0.29, 0.717) is 6.04 Å². The van der Waals surface area contributed by atoms with Gasteiger partial charge in [0.1, 0.15) is 0 Å². The predicted octanol–water partition coefficient (Wildman–Crippen LogP) is 3.88. The zero-order chi connectivity index (χ0) is 12.7. The van der Waals surface area contributed by atoms with Crippen molar-refractivity contribution in [1.29, 1.82) is 0 Å². The normalized spacial score (nSPS) is 19.5. The monoisotopic (exact) mass is 229 g/mol. The van der Waals surface area contributed by atoms with Gasteiger partial charge in [-0.2, -0.15) is 0 Å². The van der Waals surface area contributed by atoms with E-state index in [1.165, 1.54) is 25.1 Å². The predicted molar refractivity (Wildman–Crippen MR) is 77.0 cm³/mol. The molecule has 1 atom stereocenters. The molecule has 1 fully saturated rings.